The van der Waals surface area contributed by atoms with E-state index in [0.29, 0.717) is 6.54 Å². The van der Waals surface area contributed by atoms with Crippen LogP contribution in [0.25, 0.3) is 0 Å². The summed E-state index contributed by atoms with van der Waals surface area (Å²) < 4.78 is 10.9. The summed E-state index contributed by atoms with van der Waals surface area (Å²) >= 11 is 1.72. The Morgan fingerprint density at radius 1 is 1.10 bits per heavy atom. The van der Waals surface area contributed by atoms with Crippen molar-refractivity contribution in [2.45, 2.75) is 26.3 Å². The van der Waals surface area contributed by atoms with Gasteiger partial charge in [-0.25, -0.2) is 4.99 Å². The van der Waals surface area contributed by atoms with Gasteiger partial charge in [-0.1, -0.05) is 23.8 Å². The minimum absolute atomic E-state index is 0. The molecule has 0 aliphatic rings. The highest BCUT2D eigenvalue weighted by Crippen LogP contribution is 2.19. The quantitative estimate of drug-likeness (QED) is 0.240. The molecule has 0 aliphatic heterocycles. The van der Waals surface area contributed by atoms with Crippen LogP contribution in [0.4, 0.5) is 0 Å². The zero-order chi connectivity index (χ0) is 19.6. The Kier molecular flexibility index (Phi) is 10.1. The number of ether oxygens (including phenoxy) is 1. The monoisotopic (exact) mass is 525 g/mol. The molecule has 29 heavy (non-hydrogen) atoms. The van der Waals surface area contributed by atoms with Crippen LogP contribution in [0.2, 0.25) is 0 Å². The number of furan rings is 1. The van der Waals surface area contributed by atoms with E-state index in [0.717, 1.165) is 43.4 Å². The van der Waals surface area contributed by atoms with Gasteiger partial charge in [0.05, 0.1) is 19.9 Å². The van der Waals surface area contributed by atoms with Crippen molar-refractivity contribution in [3.63, 3.8) is 0 Å². The molecule has 0 amide bonds. The van der Waals surface area contributed by atoms with E-state index in [2.05, 4.69) is 47.2 Å². The Morgan fingerprint density at radius 3 is 2.62 bits per heavy atom. The standard InChI is InChI=1S/C22H27N3O2S.HI/c1-17-7-8-21(26-2)18(15-17)9-11-23-22(25-16-20-6-4-14-28-20)24-12-10-19-5-3-13-27-19;/h3-8,13-15H,9-12,16H2,1-2H3,(H2,23,24,25);1H. The number of thiophene rings is 1. The first-order chi connectivity index (χ1) is 13.7. The summed E-state index contributed by atoms with van der Waals surface area (Å²) in [6, 6.07) is 14.3. The number of hydrogen-bond acceptors (Lipinski definition) is 4. The number of guanidine groups is 1. The molecule has 2 N–H and O–H groups in total. The molecule has 0 unspecified atom stereocenters. The molecular weight excluding hydrogens is 497 g/mol. The molecule has 3 aromatic rings. The van der Waals surface area contributed by atoms with E-state index < -0.39 is 0 Å². The third-order valence-electron chi connectivity index (χ3n) is 4.34. The van der Waals surface area contributed by atoms with E-state index in [-0.39, 0.29) is 24.0 Å². The maximum absolute atomic E-state index is 5.48. The second kappa shape index (κ2) is 12.5. The minimum atomic E-state index is 0. The fourth-order valence-electron chi connectivity index (χ4n) is 2.91. The van der Waals surface area contributed by atoms with Crippen LogP contribution in [0.1, 0.15) is 21.8 Å². The van der Waals surface area contributed by atoms with Crippen molar-refractivity contribution in [2.75, 3.05) is 20.2 Å². The highest BCUT2D eigenvalue weighted by molar-refractivity contribution is 14.0. The van der Waals surface area contributed by atoms with E-state index in [1.165, 1.54) is 16.0 Å². The van der Waals surface area contributed by atoms with E-state index in [1.54, 1.807) is 24.7 Å². The van der Waals surface area contributed by atoms with Gasteiger partial charge in [0.2, 0.25) is 0 Å². The second-order valence-electron chi connectivity index (χ2n) is 6.49. The molecule has 0 radical (unpaired) electrons. The lowest BCUT2D eigenvalue weighted by molar-refractivity contribution is 0.409. The SMILES string of the molecule is COc1ccc(C)cc1CCNC(=NCc1cccs1)NCCc1ccco1.I. The number of nitrogens with zero attached hydrogens (tertiary/aromatic N) is 1. The van der Waals surface area contributed by atoms with E-state index in [4.69, 9.17) is 14.1 Å². The van der Waals surface area contributed by atoms with Crippen molar-refractivity contribution in [2.24, 2.45) is 4.99 Å². The van der Waals surface area contributed by atoms with Gasteiger partial charge in [0.15, 0.2) is 5.96 Å². The molecule has 0 spiro atoms. The molecule has 2 heterocycles. The third-order valence-corrected chi connectivity index (χ3v) is 5.20. The number of hydrogen-bond donors (Lipinski definition) is 2. The van der Waals surface area contributed by atoms with E-state index >= 15 is 0 Å². The summed E-state index contributed by atoms with van der Waals surface area (Å²) in [7, 11) is 1.71. The Hall–Kier alpha value is -2.00. The van der Waals surface area contributed by atoms with Crippen molar-refractivity contribution in [1.82, 2.24) is 10.6 Å². The molecular formula is C22H28IN3O2S. The van der Waals surface area contributed by atoms with Crippen LogP contribution >= 0.6 is 35.3 Å². The number of halogens is 1. The zero-order valence-electron chi connectivity index (χ0n) is 16.8. The number of methoxy groups -OCH3 is 1. The predicted octanol–water partition coefficient (Wildman–Crippen LogP) is 4.80. The lowest BCUT2D eigenvalue weighted by Gasteiger charge is -2.14. The van der Waals surface area contributed by atoms with Gasteiger partial charge in [-0.15, -0.1) is 35.3 Å². The molecule has 0 saturated heterocycles. The van der Waals surface area contributed by atoms with E-state index in [1.807, 2.05) is 18.2 Å². The summed E-state index contributed by atoms with van der Waals surface area (Å²) in [6.45, 7) is 4.30. The molecule has 5 nitrogen and oxygen atoms in total. The minimum Gasteiger partial charge on any atom is -0.496 e. The smallest absolute Gasteiger partial charge is 0.191 e. The summed E-state index contributed by atoms with van der Waals surface area (Å²) in [5.41, 5.74) is 2.43. The molecule has 0 fully saturated rings. The van der Waals surface area contributed by atoms with Crippen LogP contribution in [0.5, 0.6) is 5.75 Å². The molecule has 3 rings (SSSR count). The first-order valence-electron chi connectivity index (χ1n) is 9.45. The van der Waals surface area contributed by atoms with Gasteiger partial charge in [-0.2, -0.15) is 0 Å². The zero-order valence-corrected chi connectivity index (χ0v) is 20.0. The van der Waals surface area contributed by atoms with Crippen molar-refractivity contribution in [3.05, 3.63) is 75.9 Å². The van der Waals surface area contributed by atoms with Gasteiger partial charge >= 0.3 is 0 Å². The highest BCUT2D eigenvalue weighted by Gasteiger charge is 2.05. The molecule has 2 aromatic heterocycles. The highest BCUT2D eigenvalue weighted by atomic mass is 127. The van der Waals surface area contributed by atoms with Crippen LogP contribution in [0.15, 0.2) is 63.5 Å². The molecule has 1 aromatic carbocycles. The van der Waals surface area contributed by atoms with Crippen LogP contribution in [-0.2, 0) is 19.4 Å². The number of benzene rings is 1. The van der Waals surface area contributed by atoms with E-state index in [9.17, 15) is 0 Å². The van der Waals surface area contributed by atoms with Gasteiger partial charge in [0.1, 0.15) is 11.5 Å². The fourth-order valence-corrected chi connectivity index (χ4v) is 3.54. The molecule has 0 bridgehead atoms. The topological polar surface area (TPSA) is 58.8 Å². The van der Waals surface area contributed by atoms with Gasteiger partial charge in [0, 0.05) is 24.4 Å². The summed E-state index contributed by atoms with van der Waals surface area (Å²) in [5, 5.41) is 8.91. The average Bonchev–Trinajstić information content (AvgIpc) is 3.40. The fraction of sp³-hybridized carbons (Fsp3) is 0.318. The van der Waals surface area contributed by atoms with Gasteiger partial charge in [0.25, 0.3) is 0 Å². The van der Waals surface area contributed by atoms with Crippen molar-refractivity contribution in [3.8, 4) is 5.75 Å². The largest absolute Gasteiger partial charge is 0.496 e. The molecule has 0 saturated carbocycles. The predicted molar refractivity (Wildman–Crippen MR) is 131 cm³/mol. The van der Waals surface area contributed by atoms with Gasteiger partial charge in [-0.05, 0) is 48.6 Å². The van der Waals surface area contributed by atoms with Gasteiger partial charge < -0.3 is 19.8 Å². The molecule has 156 valence electrons. The third kappa shape index (κ3) is 7.74. The Bertz CT molecular complexity index is 864. The maximum Gasteiger partial charge on any atom is 0.191 e. The van der Waals surface area contributed by atoms with Crippen LogP contribution < -0.4 is 15.4 Å². The lowest BCUT2D eigenvalue weighted by atomic mass is 10.1. The maximum atomic E-state index is 5.48. The summed E-state index contributed by atoms with van der Waals surface area (Å²) in [5.74, 6) is 2.71. The van der Waals surface area contributed by atoms with Crippen molar-refractivity contribution in [1.29, 1.82) is 0 Å². The number of rotatable bonds is 9. The Labute approximate surface area is 193 Å². The first-order valence-corrected chi connectivity index (χ1v) is 10.3. The molecule has 7 heteroatoms. The van der Waals surface area contributed by atoms with Crippen LogP contribution in [0.3, 0.4) is 0 Å². The number of nitrogens with one attached hydrogen (secondary N) is 2. The number of aryl methyl sites for hydroxylation is 1. The molecule has 0 aliphatic carbocycles. The normalized spacial score (nSPS) is 11.0. The van der Waals surface area contributed by atoms with Crippen LogP contribution in [-0.4, -0.2) is 26.2 Å². The van der Waals surface area contributed by atoms with Crippen molar-refractivity contribution < 1.29 is 9.15 Å². The summed E-state index contributed by atoms with van der Waals surface area (Å²) in [6.07, 6.45) is 3.38. The molecule has 0 atom stereocenters. The van der Waals surface area contributed by atoms with Crippen LogP contribution in [0, 0.1) is 6.92 Å². The Morgan fingerprint density at radius 2 is 1.93 bits per heavy atom. The first kappa shape index (κ1) is 23.3. The lowest BCUT2D eigenvalue weighted by Crippen LogP contribution is -2.39. The van der Waals surface area contributed by atoms with Crippen molar-refractivity contribution >= 4 is 41.3 Å². The number of aliphatic imine (C=N–C) groups is 1. The summed E-state index contributed by atoms with van der Waals surface area (Å²) in [4.78, 5) is 5.96. The second-order valence-corrected chi connectivity index (χ2v) is 7.52. The Balaban J connectivity index is 0.00000300. The average molecular weight is 525 g/mol. The van der Waals surface area contributed by atoms with Gasteiger partial charge in [-0.3, -0.25) is 0 Å².